The van der Waals surface area contributed by atoms with Crippen LogP contribution in [0.25, 0.3) is 0 Å². The molecule has 0 aromatic rings. The molecule has 1 aliphatic carbocycles. The van der Waals surface area contributed by atoms with Crippen LogP contribution in [-0.4, -0.2) is 44.9 Å². The fraction of sp³-hybridized carbons (Fsp3) is 0.850. The van der Waals surface area contributed by atoms with Crippen LogP contribution in [0.5, 0.6) is 0 Å². The van der Waals surface area contributed by atoms with E-state index in [0.29, 0.717) is 12.8 Å². The molecule has 1 rings (SSSR count). The van der Waals surface area contributed by atoms with Crippen LogP contribution in [0, 0.1) is 11.8 Å². The van der Waals surface area contributed by atoms with E-state index >= 15 is 0 Å². The van der Waals surface area contributed by atoms with Gasteiger partial charge in [-0.3, -0.25) is 10.1 Å². The number of carboxylic acids is 1. The summed E-state index contributed by atoms with van der Waals surface area (Å²) >= 11 is 0. The summed E-state index contributed by atoms with van der Waals surface area (Å²) in [5.41, 5.74) is 0. The number of hydrogen-bond donors (Lipinski definition) is 4. The van der Waals surface area contributed by atoms with Gasteiger partial charge in [-0.25, -0.2) is 4.89 Å². The van der Waals surface area contributed by atoms with E-state index in [-0.39, 0.29) is 24.4 Å². The molecule has 26 heavy (non-hydrogen) atoms. The Balaban J connectivity index is 2.44. The number of aliphatic hydroxyl groups is 2. The minimum absolute atomic E-state index is 0.00397. The smallest absolute Gasteiger partial charge is 0.303 e. The molecule has 1 saturated carbocycles. The molecule has 1 aliphatic rings. The molecule has 0 aromatic carbocycles. The molecule has 0 spiro atoms. The Labute approximate surface area is 156 Å². The second-order valence-corrected chi connectivity index (χ2v) is 7.48. The highest BCUT2D eigenvalue weighted by molar-refractivity contribution is 5.66. The van der Waals surface area contributed by atoms with Crippen molar-refractivity contribution in [1.29, 1.82) is 0 Å². The number of hydrogen-bond acceptors (Lipinski definition) is 5. The van der Waals surface area contributed by atoms with Crippen LogP contribution in [0.15, 0.2) is 12.2 Å². The van der Waals surface area contributed by atoms with Crippen LogP contribution in [0.3, 0.4) is 0 Å². The van der Waals surface area contributed by atoms with E-state index in [9.17, 15) is 15.0 Å². The van der Waals surface area contributed by atoms with E-state index in [1.165, 1.54) is 0 Å². The highest BCUT2D eigenvalue weighted by atomic mass is 17.1. The summed E-state index contributed by atoms with van der Waals surface area (Å²) < 4.78 is 0. The first kappa shape index (κ1) is 23.1. The molecule has 0 amide bonds. The van der Waals surface area contributed by atoms with Crippen LogP contribution in [-0.2, 0) is 9.68 Å². The number of rotatable bonds is 14. The molecule has 4 N–H and O–H groups in total. The molecule has 0 saturated heterocycles. The molecule has 1 unspecified atom stereocenters. The molecule has 0 aliphatic heterocycles. The van der Waals surface area contributed by atoms with Gasteiger partial charge in [0.05, 0.1) is 12.2 Å². The van der Waals surface area contributed by atoms with E-state index < -0.39 is 18.2 Å². The van der Waals surface area contributed by atoms with Crippen molar-refractivity contribution in [2.45, 2.75) is 95.9 Å². The topological polar surface area (TPSA) is 107 Å². The summed E-state index contributed by atoms with van der Waals surface area (Å²) in [5.74, 6) is -0.896. The van der Waals surface area contributed by atoms with Gasteiger partial charge in [-0.2, -0.15) is 0 Å². The van der Waals surface area contributed by atoms with Crippen molar-refractivity contribution in [2.24, 2.45) is 11.8 Å². The third-order valence-corrected chi connectivity index (χ3v) is 5.37. The zero-order valence-corrected chi connectivity index (χ0v) is 15.9. The second kappa shape index (κ2) is 13.3. The van der Waals surface area contributed by atoms with E-state index in [2.05, 4.69) is 11.8 Å². The van der Waals surface area contributed by atoms with Crippen molar-refractivity contribution >= 4 is 5.97 Å². The van der Waals surface area contributed by atoms with Crippen LogP contribution in [0.2, 0.25) is 0 Å². The molecule has 0 bridgehead atoms. The van der Waals surface area contributed by atoms with Crippen LogP contribution < -0.4 is 0 Å². The van der Waals surface area contributed by atoms with E-state index in [1.807, 2.05) is 6.08 Å². The third-order valence-electron chi connectivity index (χ3n) is 5.37. The predicted octanol–water partition coefficient (Wildman–Crippen LogP) is 3.76. The molecule has 0 aromatic heterocycles. The van der Waals surface area contributed by atoms with Gasteiger partial charge in [0.15, 0.2) is 0 Å². The Morgan fingerprint density at radius 2 is 1.85 bits per heavy atom. The first-order valence-electron chi connectivity index (χ1n) is 10.1. The standard InChI is InChI=1S/C20H36O6/c1-2-3-6-9-15(26-25)12-13-17-16(18(21)14-19(17)22)10-7-4-5-8-11-20(23)24/h12-13,15-19,21-22,25H,2-11,14H2,1H3,(H,23,24)/b13-12+/t15?,16-,17-,18+,19-/m1/s1. The van der Waals surface area contributed by atoms with Crippen molar-refractivity contribution < 1.29 is 30.3 Å². The first-order valence-corrected chi connectivity index (χ1v) is 10.1. The normalized spacial score (nSPS) is 27.2. The van der Waals surface area contributed by atoms with Crippen molar-refractivity contribution in [3.63, 3.8) is 0 Å². The van der Waals surface area contributed by atoms with E-state index in [4.69, 9.17) is 10.4 Å². The summed E-state index contributed by atoms with van der Waals surface area (Å²) in [6, 6.07) is 0. The fourth-order valence-electron chi connectivity index (χ4n) is 3.82. The lowest BCUT2D eigenvalue weighted by Gasteiger charge is -2.21. The number of carbonyl (C=O) groups is 1. The Hall–Kier alpha value is -0.950. The summed E-state index contributed by atoms with van der Waals surface area (Å²) in [6.07, 6.45) is 10.9. The molecule has 6 heteroatoms. The maximum Gasteiger partial charge on any atom is 0.303 e. The van der Waals surface area contributed by atoms with Gasteiger partial charge >= 0.3 is 5.97 Å². The van der Waals surface area contributed by atoms with Gasteiger partial charge in [-0.05, 0) is 25.2 Å². The summed E-state index contributed by atoms with van der Waals surface area (Å²) in [5, 5.41) is 38.2. The van der Waals surface area contributed by atoms with Crippen LogP contribution >= 0.6 is 0 Å². The number of carboxylic acid groups (broad SMARTS) is 1. The molecule has 0 heterocycles. The van der Waals surface area contributed by atoms with Gasteiger partial charge in [0, 0.05) is 18.8 Å². The zero-order valence-electron chi connectivity index (χ0n) is 15.9. The number of aliphatic carboxylic acids is 1. The van der Waals surface area contributed by atoms with Crippen molar-refractivity contribution in [3.8, 4) is 0 Å². The van der Waals surface area contributed by atoms with Crippen LogP contribution in [0.1, 0.15) is 77.6 Å². The lowest BCUT2D eigenvalue weighted by molar-refractivity contribution is -0.267. The Kier molecular flexibility index (Phi) is 11.8. The van der Waals surface area contributed by atoms with Crippen molar-refractivity contribution in [1.82, 2.24) is 0 Å². The minimum Gasteiger partial charge on any atom is -0.481 e. The fourth-order valence-corrected chi connectivity index (χ4v) is 3.82. The zero-order chi connectivity index (χ0) is 19.4. The lowest BCUT2D eigenvalue weighted by atomic mass is 9.88. The SMILES string of the molecule is CCCCCC(/C=C/[C@@H]1[C@@H](CCCCCCC(=O)O)[C@@H](O)C[C@H]1O)OO. The van der Waals surface area contributed by atoms with Crippen LogP contribution in [0.4, 0.5) is 0 Å². The monoisotopic (exact) mass is 372 g/mol. The molecular formula is C20H36O6. The van der Waals surface area contributed by atoms with Gasteiger partial charge < -0.3 is 15.3 Å². The highest BCUT2D eigenvalue weighted by Gasteiger charge is 2.39. The number of unbranched alkanes of at least 4 members (excludes halogenated alkanes) is 5. The van der Waals surface area contributed by atoms with E-state index in [0.717, 1.165) is 51.4 Å². The molecule has 1 fully saturated rings. The Morgan fingerprint density at radius 3 is 2.50 bits per heavy atom. The molecule has 5 atom stereocenters. The lowest BCUT2D eigenvalue weighted by Crippen LogP contribution is -2.21. The quantitative estimate of drug-likeness (QED) is 0.160. The van der Waals surface area contributed by atoms with Gasteiger partial charge in [-0.1, -0.05) is 57.6 Å². The predicted molar refractivity (Wildman–Crippen MR) is 99.7 cm³/mol. The Bertz CT molecular complexity index is 411. The summed E-state index contributed by atoms with van der Waals surface area (Å²) in [7, 11) is 0. The first-order chi connectivity index (χ1) is 12.5. The largest absolute Gasteiger partial charge is 0.481 e. The van der Waals surface area contributed by atoms with Gasteiger partial charge in [0.25, 0.3) is 0 Å². The van der Waals surface area contributed by atoms with Crippen molar-refractivity contribution in [3.05, 3.63) is 12.2 Å². The second-order valence-electron chi connectivity index (χ2n) is 7.48. The summed E-state index contributed by atoms with van der Waals surface area (Å²) in [4.78, 5) is 15.0. The maximum atomic E-state index is 10.5. The molecule has 6 nitrogen and oxygen atoms in total. The average Bonchev–Trinajstić information content (AvgIpc) is 2.87. The number of aliphatic hydroxyl groups excluding tert-OH is 2. The van der Waals surface area contributed by atoms with Crippen molar-refractivity contribution in [2.75, 3.05) is 0 Å². The Morgan fingerprint density at radius 1 is 1.12 bits per heavy atom. The third kappa shape index (κ3) is 8.62. The van der Waals surface area contributed by atoms with Gasteiger partial charge in [0.1, 0.15) is 6.10 Å². The van der Waals surface area contributed by atoms with E-state index in [1.54, 1.807) is 6.08 Å². The molecule has 0 radical (unpaired) electrons. The molecular weight excluding hydrogens is 336 g/mol. The minimum atomic E-state index is -0.760. The highest BCUT2D eigenvalue weighted by Crippen LogP contribution is 2.37. The maximum absolute atomic E-state index is 10.5. The van der Waals surface area contributed by atoms with Gasteiger partial charge in [-0.15, -0.1) is 0 Å². The molecule has 152 valence electrons. The van der Waals surface area contributed by atoms with Gasteiger partial charge in [0.2, 0.25) is 0 Å². The average molecular weight is 373 g/mol. The summed E-state index contributed by atoms with van der Waals surface area (Å²) in [6.45, 7) is 2.12.